The van der Waals surface area contributed by atoms with Crippen molar-refractivity contribution >= 4 is 23.8 Å². The maximum Gasteiger partial charge on any atom is 0.121 e. The van der Waals surface area contributed by atoms with E-state index < -0.39 is 0 Å². The highest BCUT2D eigenvalue weighted by Gasteiger charge is 2.11. The average molecular weight is 294 g/mol. The van der Waals surface area contributed by atoms with Gasteiger partial charge >= 0.3 is 0 Å². The Hall–Kier alpha value is -1.30. The summed E-state index contributed by atoms with van der Waals surface area (Å²) < 4.78 is 18.6. The van der Waals surface area contributed by atoms with Crippen molar-refractivity contribution in [2.45, 2.75) is 14.7 Å². The summed E-state index contributed by atoms with van der Waals surface area (Å²) >= 11 is 2.52. The van der Waals surface area contributed by atoms with Crippen molar-refractivity contribution in [1.82, 2.24) is 0 Å². The summed E-state index contributed by atoms with van der Waals surface area (Å²) in [5, 5.41) is 0. The summed E-state index contributed by atoms with van der Waals surface area (Å²) in [6.45, 7) is 0. The molecular weight excluding hydrogens is 280 g/mol. The van der Waals surface area contributed by atoms with E-state index in [1.807, 2.05) is 30.3 Å². The van der Waals surface area contributed by atoms with Crippen LogP contribution < -0.4 is 9.47 Å². The molecule has 2 aromatic carbocycles. The molecule has 4 rings (SSSR count). The molecule has 0 spiro atoms. The fourth-order valence-corrected chi connectivity index (χ4v) is 2.63. The Kier molecular flexibility index (Phi) is 5.01. The first-order chi connectivity index (χ1) is 9.25. The molecule has 2 aromatic rings. The van der Waals surface area contributed by atoms with Crippen LogP contribution in [0, 0.1) is 0 Å². The van der Waals surface area contributed by atoms with Gasteiger partial charge in [-0.2, -0.15) is 0 Å². The summed E-state index contributed by atoms with van der Waals surface area (Å²) in [6, 6.07) is 13.5. The molecule has 3 nitrogen and oxygen atoms in total. The van der Waals surface area contributed by atoms with E-state index in [-0.39, 0.29) is 0 Å². The Morgan fingerprint density at radius 3 is 2.05 bits per heavy atom. The third-order valence-corrected chi connectivity index (χ3v) is 3.88. The summed E-state index contributed by atoms with van der Waals surface area (Å²) in [6.07, 6.45) is 0. The van der Waals surface area contributed by atoms with Gasteiger partial charge in [-0.1, -0.05) is 17.8 Å². The van der Waals surface area contributed by atoms with Crippen molar-refractivity contribution in [3.8, 4) is 11.5 Å². The molecule has 0 aromatic heterocycles. The predicted octanol–water partition coefficient (Wildman–Crippen LogP) is 4.42. The number of rotatable bonds is 3. The van der Waals surface area contributed by atoms with E-state index in [9.17, 15) is 0 Å². The van der Waals surface area contributed by atoms with Crippen molar-refractivity contribution in [1.29, 1.82) is 0 Å². The highest BCUT2D eigenvalue weighted by Crippen LogP contribution is 2.42. The summed E-state index contributed by atoms with van der Waals surface area (Å²) in [7, 11) is 3.29. The molecule has 2 bridgehead atoms. The quantitative estimate of drug-likeness (QED) is 0.724. The minimum atomic E-state index is 0.718. The molecule has 19 heavy (non-hydrogen) atoms. The number of ether oxygens (including phenoxy) is 2. The molecule has 0 radical (unpaired) electrons. The van der Waals surface area contributed by atoms with Crippen LogP contribution in [0.5, 0.6) is 11.5 Å². The lowest BCUT2D eigenvalue weighted by atomic mass is 10.3. The first kappa shape index (κ1) is 14.1. The minimum absolute atomic E-state index is 0.718. The van der Waals surface area contributed by atoms with E-state index in [4.69, 9.17) is 14.0 Å². The molecule has 100 valence electrons. The van der Waals surface area contributed by atoms with Crippen molar-refractivity contribution in [2.75, 3.05) is 14.2 Å². The van der Waals surface area contributed by atoms with Gasteiger partial charge in [0.25, 0.3) is 0 Å². The molecule has 0 amide bonds. The van der Waals surface area contributed by atoms with Crippen molar-refractivity contribution in [2.24, 2.45) is 0 Å². The predicted molar refractivity (Wildman–Crippen MR) is 78.6 cm³/mol. The first-order valence-corrected chi connectivity index (χ1v) is 7.16. The Morgan fingerprint density at radius 2 is 1.58 bits per heavy atom. The van der Waals surface area contributed by atoms with Crippen LogP contribution in [0.25, 0.3) is 0 Å². The molecule has 0 fully saturated rings. The Morgan fingerprint density at radius 1 is 0.947 bits per heavy atom. The largest absolute Gasteiger partial charge is 0.497 e. The van der Waals surface area contributed by atoms with Crippen LogP contribution in [0.3, 0.4) is 0 Å². The second kappa shape index (κ2) is 6.75. The Bertz CT molecular complexity index is 519. The zero-order valence-electron chi connectivity index (χ0n) is 10.6. The molecule has 1 N–H and O–H groups in total. The normalized spacial score (nSPS) is 10.9. The van der Waals surface area contributed by atoms with Gasteiger partial charge in [0.05, 0.1) is 14.2 Å². The molecule has 2 aliphatic rings. The van der Waals surface area contributed by atoms with E-state index in [1.165, 1.54) is 9.79 Å². The van der Waals surface area contributed by atoms with Gasteiger partial charge in [0, 0.05) is 26.7 Å². The highest BCUT2D eigenvalue weighted by molar-refractivity contribution is 8.00. The van der Waals surface area contributed by atoms with Crippen LogP contribution >= 0.6 is 23.8 Å². The third-order valence-electron chi connectivity index (χ3n) is 2.47. The molecule has 5 heteroatoms. The average Bonchev–Trinajstić information content (AvgIpc) is 2.47. The lowest BCUT2D eigenvalue weighted by Crippen LogP contribution is -1.89. The second-order valence-corrected chi connectivity index (χ2v) is 5.52. The van der Waals surface area contributed by atoms with E-state index in [0.29, 0.717) is 0 Å². The number of hydrogen-bond donors (Lipinski definition) is 1. The highest BCUT2D eigenvalue weighted by atomic mass is 32.2. The van der Waals surface area contributed by atoms with E-state index in [1.54, 1.807) is 32.0 Å². The Balaban J connectivity index is 0.000000141. The van der Waals surface area contributed by atoms with E-state index in [2.05, 4.69) is 6.07 Å². The number of benzene rings is 2. The number of fused-ring (bicyclic) bond motifs is 2. The monoisotopic (exact) mass is 294 g/mol. The van der Waals surface area contributed by atoms with Crippen molar-refractivity contribution in [3.63, 3.8) is 0 Å². The van der Waals surface area contributed by atoms with Gasteiger partial charge in [0.1, 0.15) is 11.5 Å². The van der Waals surface area contributed by atoms with Gasteiger partial charge in [-0.15, -0.1) is 0 Å². The fourth-order valence-electron chi connectivity index (χ4n) is 1.52. The molecule has 0 saturated carbocycles. The molecule has 0 aliphatic carbocycles. The maximum atomic E-state index is 8.62. The zero-order chi connectivity index (χ0) is 13.7. The van der Waals surface area contributed by atoms with Crippen molar-refractivity contribution < 1.29 is 14.0 Å². The molecule has 2 aliphatic heterocycles. The lowest BCUT2D eigenvalue weighted by molar-refractivity contribution is 0.412. The minimum Gasteiger partial charge on any atom is -0.497 e. The maximum absolute atomic E-state index is 8.62. The molecule has 0 saturated heterocycles. The van der Waals surface area contributed by atoms with Gasteiger partial charge in [-0.05, 0) is 36.4 Å². The smallest absolute Gasteiger partial charge is 0.121 e. The number of hydrogen-bond acceptors (Lipinski definition) is 5. The van der Waals surface area contributed by atoms with E-state index in [0.717, 1.165) is 28.4 Å². The van der Waals surface area contributed by atoms with Crippen LogP contribution in [0.15, 0.2) is 57.2 Å². The Labute approximate surface area is 121 Å². The second-order valence-electron chi connectivity index (χ2n) is 3.72. The molecule has 0 atom stereocenters. The van der Waals surface area contributed by atoms with E-state index >= 15 is 0 Å². The van der Waals surface area contributed by atoms with Gasteiger partial charge in [0.2, 0.25) is 0 Å². The molecular formula is C14H14O3S2. The zero-order valence-corrected chi connectivity index (χ0v) is 12.3. The first-order valence-electron chi connectivity index (χ1n) is 5.57. The van der Waals surface area contributed by atoms with Crippen LogP contribution in [0.1, 0.15) is 0 Å². The van der Waals surface area contributed by atoms with Gasteiger partial charge in [-0.25, -0.2) is 0 Å². The van der Waals surface area contributed by atoms with Crippen molar-refractivity contribution in [3.05, 3.63) is 42.5 Å². The molecule has 0 unspecified atom stereocenters. The van der Waals surface area contributed by atoms with Gasteiger partial charge < -0.3 is 14.0 Å². The summed E-state index contributed by atoms with van der Waals surface area (Å²) in [4.78, 5) is 3.41. The number of methoxy groups -OCH3 is 2. The van der Waals surface area contributed by atoms with Crippen LogP contribution in [0.2, 0.25) is 0 Å². The topological polar surface area (TPSA) is 38.7 Å². The standard InChI is InChI=1S/C7H8O2S.C7H6OS/c1-9-6-3-2-4-7(5-6)10-8;1-8-5-2-6-4-7(3-5)9-6/h2-5,8H,1H3;2-4H,1H3. The van der Waals surface area contributed by atoms with Gasteiger partial charge in [-0.3, -0.25) is 0 Å². The fraction of sp³-hybridized carbons (Fsp3) is 0.143. The van der Waals surface area contributed by atoms with Crippen LogP contribution in [0.4, 0.5) is 0 Å². The van der Waals surface area contributed by atoms with Gasteiger partial charge in [0.15, 0.2) is 0 Å². The SMILES string of the molecule is COc1cc2cc(c1)S2.COc1cccc(SO)c1. The molecule has 2 heterocycles. The summed E-state index contributed by atoms with van der Waals surface area (Å²) in [5.74, 6) is 1.74. The summed E-state index contributed by atoms with van der Waals surface area (Å²) in [5.41, 5.74) is 0. The van der Waals surface area contributed by atoms with Crippen LogP contribution in [-0.2, 0) is 0 Å². The lowest BCUT2D eigenvalue weighted by Gasteiger charge is -2.14. The van der Waals surface area contributed by atoms with Crippen LogP contribution in [-0.4, -0.2) is 18.8 Å². The third kappa shape index (κ3) is 3.83.